The van der Waals surface area contributed by atoms with Crippen LogP contribution in [0.3, 0.4) is 0 Å². The second kappa shape index (κ2) is 6.39. The van der Waals surface area contributed by atoms with Gasteiger partial charge in [0.15, 0.2) is 11.9 Å². The molecule has 2 aromatic rings. The number of nitrogens with zero attached hydrogens (tertiary/aromatic N) is 5. The highest BCUT2D eigenvalue weighted by Gasteiger charge is 2.41. The molecule has 13 heteroatoms. The minimum atomic E-state index is -5.04. The van der Waals surface area contributed by atoms with Crippen LogP contribution in [0.1, 0.15) is 5.69 Å². The molecule has 27 heavy (non-hydrogen) atoms. The standard InChI is InChI=1S/C14H11F6N5O2/c1-23-8(26)5-25-12(27)9(10(14(18,19)20)22-13(23)25)6-2-21-24(3-6)4-7(15)11(16)17/h2-3,7,11H,4-5H2,1H3. The third-order valence-corrected chi connectivity index (χ3v) is 3.94. The van der Waals surface area contributed by atoms with Crippen LogP contribution in [0, 0.1) is 0 Å². The lowest BCUT2D eigenvalue weighted by Crippen LogP contribution is -2.27. The number of hydrogen-bond acceptors (Lipinski definition) is 4. The molecule has 0 aliphatic carbocycles. The number of carbonyl (C=O) groups is 1. The summed E-state index contributed by atoms with van der Waals surface area (Å²) >= 11 is 0. The van der Waals surface area contributed by atoms with E-state index in [4.69, 9.17) is 0 Å². The maximum Gasteiger partial charge on any atom is 0.434 e. The predicted molar refractivity (Wildman–Crippen MR) is 79.0 cm³/mol. The smallest absolute Gasteiger partial charge is 0.284 e. The normalized spacial score (nSPS) is 15.6. The summed E-state index contributed by atoms with van der Waals surface area (Å²) in [4.78, 5) is 28.5. The number of amides is 1. The van der Waals surface area contributed by atoms with Crippen LogP contribution in [0.25, 0.3) is 11.1 Å². The number of hydrogen-bond donors (Lipinski definition) is 0. The zero-order valence-corrected chi connectivity index (χ0v) is 13.5. The molecule has 0 bridgehead atoms. The molecule has 0 saturated heterocycles. The van der Waals surface area contributed by atoms with Gasteiger partial charge >= 0.3 is 6.18 Å². The molecule has 3 heterocycles. The van der Waals surface area contributed by atoms with E-state index in [1.807, 2.05) is 0 Å². The topological polar surface area (TPSA) is 73.0 Å². The van der Waals surface area contributed by atoms with Gasteiger partial charge in [-0.1, -0.05) is 0 Å². The fraction of sp³-hybridized carbons (Fsp3) is 0.429. The van der Waals surface area contributed by atoms with Crippen molar-refractivity contribution in [2.75, 3.05) is 11.9 Å². The van der Waals surface area contributed by atoms with Crippen LogP contribution in [0.15, 0.2) is 17.2 Å². The second-order valence-electron chi connectivity index (χ2n) is 5.78. The first-order valence-electron chi connectivity index (χ1n) is 7.44. The van der Waals surface area contributed by atoms with Crippen LogP contribution >= 0.6 is 0 Å². The number of anilines is 1. The van der Waals surface area contributed by atoms with Gasteiger partial charge in [0.2, 0.25) is 11.9 Å². The number of alkyl halides is 6. The molecule has 1 atom stereocenters. The highest BCUT2D eigenvalue weighted by molar-refractivity contribution is 5.94. The van der Waals surface area contributed by atoms with Crippen LogP contribution < -0.4 is 10.5 Å². The van der Waals surface area contributed by atoms with Crippen LogP contribution in [0.5, 0.6) is 0 Å². The van der Waals surface area contributed by atoms with Crippen molar-refractivity contribution in [1.29, 1.82) is 0 Å². The molecular formula is C14H11F6N5O2. The van der Waals surface area contributed by atoms with E-state index in [1.165, 1.54) is 7.05 Å². The molecule has 1 unspecified atom stereocenters. The molecular weight excluding hydrogens is 384 g/mol. The maximum atomic E-state index is 13.4. The number of carbonyl (C=O) groups excluding carboxylic acids is 1. The van der Waals surface area contributed by atoms with E-state index >= 15 is 0 Å². The molecule has 0 saturated carbocycles. The Kier molecular flexibility index (Phi) is 4.48. The van der Waals surface area contributed by atoms with Crippen LogP contribution in [0.4, 0.5) is 32.3 Å². The predicted octanol–water partition coefficient (Wildman–Crippen LogP) is 1.71. The molecule has 7 nitrogen and oxygen atoms in total. The number of rotatable bonds is 4. The molecule has 0 aromatic carbocycles. The lowest BCUT2D eigenvalue weighted by atomic mass is 10.1. The summed E-state index contributed by atoms with van der Waals surface area (Å²) in [7, 11) is 1.18. The highest BCUT2D eigenvalue weighted by Crippen LogP contribution is 2.35. The molecule has 2 aromatic heterocycles. The van der Waals surface area contributed by atoms with E-state index in [0.717, 1.165) is 21.9 Å². The number of likely N-dealkylation sites (N-methyl/N-ethyl adjacent to an activating group) is 1. The van der Waals surface area contributed by atoms with Crippen molar-refractivity contribution in [3.05, 3.63) is 28.4 Å². The fourth-order valence-corrected chi connectivity index (χ4v) is 2.61. The van der Waals surface area contributed by atoms with Crippen molar-refractivity contribution in [2.45, 2.75) is 31.9 Å². The molecule has 0 fully saturated rings. The Morgan fingerprint density at radius 2 is 1.89 bits per heavy atom. The largest absolute Gasteiger partial charge is 0.434 e. The second-order valence-corrected chi connectivity index (χ2v) is 5.78. The minimum absolute atomic E-state index is 0.376. The SMILES string of the molecule is CN1C(=O)Cn2c1nc(C(F)(F)F)c(-c1cnn(CC(F)C(F)F)c1)c2=O. The number of aromatic nitrogens is 4. The summed E-state index contributed by atoms with van der Waals surface area (Å²) in [5.74, 6) is -1.09. The Bertz CT molecular complexity index is 950. The number of halogens is 6. The Morgan fingerprint density at radius 1 is 1.22 bits per heavy atom. The first-order valence-corrected chi connectivity index (χ1v) is 7.44. The van der Waals surface area contributed by atoms with Gasteiger partial charge in [-0.3, -0.25) is 23.7 Å². The minimum Gasteiger partial charge on any atom is -0.284 e. The molecule has 1 aliphatic heterocycles. The van der Waals surface area contributed by atoms with Gasteiger partial charge < -0.3 is 0 Å². The van der Waals surface area contributed by atoms with Crippen molar-refractivity contribution < 1.29 is 31.1 Å². The van der Waals surface area contributed by atoms with Gasteiger partial charge in [0.1, 0.15) is 6.54 Å². The molecule has 0 radical (unpaired) electrons. The molecule has 0 spiro atoms. The highest BCUT2D eigenvalue weighted by atomic mass is 19.4. The van der Waals surface area contributed by atoms with Crippen molar-refractivity contribution in [3.8, 4) is 11.1 Å². The Morgan fingerprint density at radius 3 is 2.48 bits per heavy atom. The van der Waals surface area contributed by atoms with Gasteiger partial charge in [-0.15, -0.1) is 0 Å². The van der Waals surface area contributed by atoms with Crippen LogP contribution in [-0.2, 0) is 24.1 Å². The summed E-state index contributed by atoms with van der Waals surface area (Å²) in [5.41, 5.74) is -3.97. The van der Waals surface area contributed by atoms with Crippen LogP contribution in [-0.4, -0.2) is 44.9 Å². The van der Waals surface area contributed by atoms with Gasteiger partial charge in [-0.2, -0.15) is 18.3 Å². The van der Waals surface area contributed by atoms with Gasteiger partial charge in [0.05, 0.1) is 18.3 Å². The van der Waals surface area contributed by atoms with Gasteiger partial charge in [-0.05, 0) is 0 Å². The maximum absolute atomic E-state index is 13.4. The van der Waals surface area contributed by atoms with Crippen molar-refractivity contribution >= 4 is 11.9 Å². The Balaban J connectivity index is 2.14. The summed E-state index contributed by atoms with van der Waals surface area (Å²) in [5, 5.41) is 3.53. The average Bonchev–Trinajstić information content (AvgIpc) is 3.12. The molecule has 1 aliphatic rings. The van der Waals surface area contributed by atoms with Gasteiger partial charge in [-0.25, -0.2) is 18.2 Å². The zero-order valence-electron chi connectivity index (χ0n) is 13.5. The fourth-order valence-electron chi connectivity index (χ4n) is 2.61. The lowest BCUT2D eigenvalue weighted by Gasteiger charge is -2.15. The van der Waals surface area contributed by atoms with E-state index in [1.54, 1.807) is 0 Å². The Hall–Kier alpha value is -2.86. The molecule has 0 N–H and O–H groups in total. The quantitative estimate of drug-likeness (QED) is 0.739. The first-order chi connectivity index (χ1) is 12.5. The van der Waals surface area contributed by atoms with Crippen LogP contribution in [0.2, 0.25) is 0 Å². The monoisotopic (exact) mass is 395 g/mol. The lowest BCUT2D eigenvalue weighted by molar-refractivity contribution is -0.140. The van der Waals surface area contributed by atoms with Gasteiger partial charge in [0.25, 0.3) is 12.0 Å². The van der Waals surface area contributed by atoms with Crippen molar-refractivity contribution in [1.82, 2.24) is 19.3 Å². The average molecular weight is 395 g/mol. The first kappa shape index (κ1) is 18.9. The van der Waals surface area contributed by atoms with Crippen molar-refractivity contribution in [3.63, 3.8) is 0 Å². The summed E-state index contributed by atoms with van der Waals surface area (Å²) < 4.78 is 79.4. The van der Waals surface area contributed by atoms with E-state index < -0.39 is 60.5 Å². The van der Waals surface area contributed by atoms with Crippen molar-refractivity contribution in [2.24, 2.45) is 0 Å². The third-order valence-electron chi connectivity index (χ3n) is 3.94. The van der Waals surface area contributed by atoms with E-state index in [-0.39, 0.29) is 5.56 Å². The third kappa shape index (κ3) is 3.28. The summed E-state index contributed by atoms with van der Waals surface area (Å²) in [6.07, 6.45) is -9.25. The molecule has 1 amide bonds. The molecule has 146 valence electrons. The van der Waals surface area contributed by atoms with E-state index in [2.05, 4.69) is 10.1 Å². The summed E-state index contributed by atoms with van der Waals surface area (Å²) in [6, 6.07) is 0. The molecule has 3 rings (SSSR count). The Labute approximate surface area is 146 Å². The van der Waals surface area contributed by atoms with Gasteiger partial charge in [0, 0.05) is 18.8 Å². The van der Waals surface area contributed by atoms with E-state index in [9.17, 15) is 35.9 Å². The van der Waals surface area contributed by atoms with E-state index in [0.29, 0.717) is 4.68 Å². The zero-order chi connectivity index (χ0) is 20.1. The summed E-state index contributed by atoms with van der Waals surface area (Å²) in [6.45, 7) is -1.39. The number of fused-ring (bicyclic) bond motifs is 1.